The molecular weight excluding hydrogens is 208 g/mol. The van der Waals surface area contributed by atoms with Crippen molar-refractivity contribution in [2.75, 3.05) is 0 Å². The predicted octanol–water partition coefficient (Wildman–Crippen LogP) is 1.63. The molecule has 0 saturated carbocycles. The first-order chi connectivity index (χ1) is 7.75. The van der Waals surface area contributed by atoms with Gasteiger partial charge < -0.3 is 14.3 Å². The Morgan fingerprint density at radius 3 is 3.06 bits per heavy atom. The second-order valence-corrected chi connectivity index (χ2v) is 3.53. The molecule has 1 N–H and O–H groups in total. The SMILES string of the molecule is CC(Cc1ccco1)NC(=O)c1ccno1. The molecule has 5 heteroatoms. The number of nitrogens with one attached hydrogen (secondary N) is 1. The van der Waals surface area contributed by atoms with Crippen LogP contribution in [0, 0.1) is 0 Å². The summed E-state index contributed by atoms with van der Waals surface area (Å²) in [7, 11) is 0. The highest BCUT2D eigenvalue weighted by Gasteiger charge is 2.13. The van der Waals surface area contributed by atoms with Crippen molar-refractivity contribution >= 4 is 5.91 Å². The van der Waals surface area contributed by atoms with Crippen molar-refractivity contribution in [3.8, 4) is 0 Å². The summed E-state index contributed by atoms with van der Waals surface area (Å²) in [5, 5.41) is 6.26. The van der Waals surface area contributed by atoms with Crippen LogP contribution in [0.4, 0.5) is 0 Å². The van der Waals surface area contributed by atoms with Gasteiger partial charge in [-0.25, -0.2) is 0 Å². The zero-order valence-corrected chi connectivity index (χ0v) is 8.84. The lowest BCUT2D eigenvalue weighted by molar-refractivity contribution is 0.0902. The van der Waals surface area contributed by atoms with Crippen LogP contribution in [0.3, 0.4) is 0 Å². The molecule has 1 atom stereocenters. The monoisotopic (exact) mass is 220 g/mol. The van der Waals surface area contributed by atoms with Crippen molar-refractivity contribution in [3.63, 3.8) is 0 Å². The van der Waals surface area contributed by atoms with E-state index in [4.69, 9.17) is 8.94 Å². The molecule has 2 rings (SSSR count). The molecule has 0 aliphatic heterocycles. The molecule has 1 amide bonds. The van der Waals surface area contributed by atoms with Crippen LogP contribution in [0.25, 0.3) is 0 Å². The Bertz CT molecular complexity index is 434. The lowest BCUT2D eigenvalue weighted by atomic mass is 10.2. The van der Waals surface area contributed by atoms with Crippen molar-refractivity contribution in [3.05, 3.63) is 42.2 Å². The molecule has 0 radical (unpaired) electrons. The summed E-state index contributed by atoms with van der Waals surface area (Å²) in [6.45, 7) is 1.90. The van der Waals surface area contributed by atoms with Gasteiger partial charge in [-0.05, 0) is 19.1 Å². The van der Waals surface area contributed by atoms with Gasteiger partial charge in [-0.15, -0.1) is 0 Å². The zero-order valence-electron chi connectivity index (χ0n) is 8.84. The third-order valence-electron chi connectivity index (χ3n) is 2.13. The number of aromatic nitrogens is 1. The third-order valence-corrected chi connectivity index (χ3v) is 2.13. The Morgan fingerprint density at radius 2 is 2.44 bits per heavy atom. The van der Waals surface area contributed by atoms with E-state index in [0.29, 0.717) is 6.42 Å². The Kier molecular flexibility index (Phi) is 3.05. The number of amides is 1. The molecular formula is C11H12N2O3. The molecule has 0 bridgehead atoms. The highest BCUT2D eigenvalue weighted by atomic mass is 16.5. The highest BCUT2D eigenvalue weighted by molar-refractivity contribution is 5.91. The molecule has 5 nitrogen and oxygen atoms in total. The van der Waals surface area contributed by atoms with Gasteiger partial charge in [-0.1, -0.05) is 5.16 Å². The molecule has 0 fully saturated rings. The standard InChI is InChI=1S/C11H12N2O3/c1-8(7-9-3-2-6-15-9)13-11(14)10-4-5-12-16-10/h2-6,8H,7H2,1H3,(H,13,14). The van der Waals surface area contributed by atoms with Gasteiger partial charge in [0.1, 0.15) is 5.76 Å². The number of nitrogens with zero attached hydrogens (tertiary/aromatic N) is 1. The van der Waals surface area contributed by atoms with Crippen molar-refractivity contribution in [2.45, 2.75) is 19.4 Å². The van der Waals surface area contributed by atoms with E-state index in [9.17, 15) is 4.79 Å². The molecule has 0 aliphatic rings. The third kappa shape index (κ3) is 2.50. The van der Waals surface area contributed by atoms with E-state index in [2.05, 4.69) is 10.5 Å². The van der Waals surface area contributed by atoms with E-state index < -0.39 is 0 Å². The normalized spacial score (nSPS) is 12.3. The van der Waals surface area contributed by atoms with Gasteiger partial charge in [0, 0.05) is 18.5 Å². The van der Waals surface area contributed by atoms with Gasteiger partial charge in [0.25, 0.3) is 5.91 Å². The van der Waals surface area contributed by atoms with E-state index in [1.807, 2.05) is 19.1 Å². The van der Waals surface area contributed by atoms with E-state index in [1.165, 1.54) is 12.3 Å². The Balaban J connectivity index is 1.88. The molecule has 0 aromatic carbocycles. The van der Waals surface area contributed by atoms with Gasteiger partial charge >= 0.3 is 0 Å². The second-order valence-electron chi connectivity index (χ2n) is 3.53. The Hall–Kier alpha value is -2.04. The number of carbonyl (C=O) groups excluding carboxylic acids is 1. The van der Waals surface area contributed by atoms with Crippen LogP contribution in [0.15, 0.2) is 39.6 Å². The number of carbonyl (C=O) groups is 1. The average molecular weight is 220 g/mol. The van der Waals surface area contributed by atoms with Crippen LogP contribution in [-0.4, -0.2) is 17.1 Å². The molecule has 84 valence electrons. The molecule has 0 saturated heterocycles. The fourth-order valence-electron chi connectivity index (χ4n) is 1.41. The largest absolute Gasteiger partial charge is 0.469 e. The number of furan rings is 1. The summed E-state index contributed by atoms with van der Waals surface area (Å²) in [6.07, 6.45) is 3.69. The molecule has 1 unspecified atom stereocenters. The van der Waals surface area contributed by atoms with Crippen molar-refractivity contribution < 1.29 is 13.7 Å². The summed E-state index contributed by atoms with van der Waals surface area (Å²) in [4.78, 5) is 11.6. The summed E-state index contributed by atoms with van der Waals surface area (Å²) in [5.74, 6) is 0.785. The van der Waals surface area contributed by atoms with Crippen molar-refractivity contribution in [1.82, 2.24) is 10.5 Å². The van der Waals surface area contributed by atoms with E-state index in [-0.39, 0.29) is 17.7 Å². The summed E-state index contributed by atoms with van der Waals surface area (Å²) in [5.41, 5.74) is 0. The van der Waals surface area contributed by atoms with E-state index in [1.54, 1.807) is 6.26 Å². The van der Waals surface area contributed by atoms with Gasteiger partial charge in [-0.2, -0.15) is 0 Å². The smallest absolute Gasteiger partial charge is 0.290 e. The summed E-state index contributed by atoms with van der Waals surface area (Å²) >= 11 is 0. The molecule has 0 aliphatic carbocycles. The minimum Gasteiger partial charge on any atom is -0.469 e. The average Bonchev–Trinajstić information content (AvgIpc) is 2.88. The van der Waals surface area contributed by atoms with Crippen LogP contribution in [0.1, 0.15) is 23.2 Å². The van der Waals surface area contributed by atoms with Crippen LogP contribution < -0.4 is 5.32 Å². The van der Waals surface area contributed by atoms with Crippen LogP contribution >= 0.6 is 0 Å². The minimum absolute atomic E-state index is 0.0243. The van der Waals surface area contributed by atoms with Crippen molar-refractivity contribution in [2.24, 2.45) is 0 Å². The lowest BCUT2D eigenvalue weighted by Crippen LogP contribution is -2.33. The first-order valence-electron chi connectivity index (χ1n) is 4.99. The Labute approximate surface area is 92.4 Å². The van der Waals surface area contributed by atoms with Crippen LogP contribution in [0.5, 0.6) is 0 Å². The van der Waals surface area contributed by atoms with Crippen LogP contribution in [0.2, 0.25) is 0 Å². The number of hydrogen-bond acceptors (Lipinski definition) is 4. The molecule has 2 aromatic heterocycles. The number of hydrogen-bond donors (Lipinski definition) is 1. The van der Waals surface area contributed by atoms with Gasteiger partial charge in [0.15, 0.2) is 0 Å². The maximum Gasteiger partial charge on any atom is 0.290 e. The maximum atomic E-state index is 11.6. The van der Waals surface area contributed by atoms with Crippen molar-refractivity contribution in [1.29, 1.82) is 0 Å². The lowest BCUT2D eigenvalue weighted by Gasteiger charge is -2.10. The summed E-state index contributed by atoms with van der Waals surface area (Å²) < 4.78 is 9.94. The highest BCUT2D eigenvalue weighted by Crippen LogP contribution is 2.05. The summed E-state index contributed by atoms with van der Waals surface area (Å²) in [6, 6.07) is 5.19. The van der Waals surface area contributed by atoms with Gasteiger partial charge in [0.05, 0.1) is 12.5 Å². The predicted molar refractivity (Wildman–Crippen MR) is 55.8 cm³/mol. The first-order valence-corrected chi connectivity index (χ1v) is 4.99. The molecule has 2 heterocycles. The topological polar surface area (TPSA) is 68.3 Å². The first kappa shape index (κ1) is 10.5. The maximum absolute atomic E-state index is 11.6. The molecule has 0 spiro atoms. The Morgan fingerprint density at radius 1 is 1.56 bits per heavy atom. The van der Waals surface area contributed by atoms with E-state index in [0.717, 1.165) is 5.76 Å². The minimum atomic E-state index is -0.267. The van der Waals surface area contributed by atoms with Crippen LogP contribution in [-0.2, 0) is 6.42 Å². The molecule has 16 heavy (non-hydrogen) atoms. The number of rotatable bonds is 4. The quantitative estimate of drug-likeness (QED) is 0.850. The fourth-order valence-corrected chi connectivity index (χ4v) is 1.41. The van der Waals surface area contributed by atoms with Gasteiger partial charge in [0.2, 0.25) is 5.76 Å². The zero-order chi connectivity index (χ0) is 11.4. The molecule has 2 aromatic rings. The van der Waals surface area contributed by atoms with Gasteiger partial charge in [-0.3, -0.25) is 4.79 Å². The van der Waals surface area contributed by atoms with E-state index >= 15 is 0 Å². The fraction of sp³-hybridized carbons (Fsp3) is 0.273. The second kappa shape index (κ2) is 4.65.